The fraction of sp³-hybridized carbons (Fsp3) is 0.333. The van der Waals surface area contributed by atoms with E-state index >= 15 is 0 Å². The Morgan fingerprint density at radius 2 is 1.75 bits per heavy atom. The van der Waals surface area contributed by atoms with Crippen LogP contribution in [0.3, 0.4) is 0 Å². The molecule has 0 radical (unpaired) electrons. The second-order valence-corrected chi connectivity index (χ2v) is 50.8. The molecule has 1 aliphatic heterocycles. The van der Waals surface area contributed by atoms with Crippen molar-refractivity contribution in [3.63, 3.8) is 0 Å². The number of halogens is 3. The van der Waals surface area contributed by atoms with Crippen molar-refractivity contribution in [3.8, 4) is 0 Å². The summed E-state index contributed by atoms with van der Waals surface area (Å²) in [5.41, 5.74) is 5.14. The first kappa shape index (κ1) is 21.9. The van der Waals surface area contributed by atoms with Crippen LogP contribution in [0.25, 0.3) is 8.85 Å². The van der Waals surface area contributed by atoms with E-state index in [2.05, 4.69) is 95.5 Å². The predicted octanol–water partition coefficient (Wildman–Crippen LogP) is 7.76. The second-order valence-electron chi connectivity index (χ2n) is 9.13. The van der Waals surface area contributed by atoms with Crippen LogP contribution in [-0.4, -0.2) is 11.5 Å². The van der Waals surface area contributed by atoms with Gasteiger partial charge >= 0.3 is 192 Å². The molecule has 28 heavy (non-hydrogen) atoms. The van der Waals surface area contributed by atoms with Gasteiger partial charge in [-0.15, -0.1) is 0 Å². The van der Waals surface area contributed by atoms with Crippen molar-refractivity contribution < 1.29 is 15.8 Å². The van der Waals surface area contributed by atoms with Crippen molar-refractivity contribution in [1.29, 1.82) is 0 Å². The molecule has 0 aromatic heterocycles. The molecule has 0 fully saturated rings. The summed E-state index contributed by atoms with van der Waals surface area (Å²) < 4.78 is 6.24. The van der Waals surface area contributed by atoms with Gasteiger partial charge in [-0.2, -0.15) is 0 Å². The summed E-state index contributed by atoms with van der Waals surface area (Å²) in [5, 5.41) is 0.287. The molecule has 0 saturated heterocycles. The van der Waals surface area contributed by atoms with Crippen LogP contribution in [0.1, 0.15) is 42.7 Å². The Morgan fingerprint density at radius 3 is 2.39 bits per heavy atom. The molecule has 0 saturated carbocycles. The van der Waals surface area contributed by atoms with E-state index < -0.39 is 21.8 Å². The van der Waals surface area contributed by atoms with Crippen LogP contribution in [0.15, 0.2) is 51.8 Å². The van der Waals surface area contributed by atoms with Crippen LogP contribution >= 0.6 is 44.7 Å². The van der Waals surface area contributed by atoms with E-state index in [1.165, 1.54) is 30.4 Å². The molecule has 1 heterocycles. The Balaban J connectivity index is 2.09. The van der Waals surface area contributed by atoms with Crippen molar-refractivity contribution in [1.82, 2.24) is 3.26 Å². The zero-order valence-corrected chi connectivity index (χ0v) is 24.3. The van der Waals surface area contributed by atoms with E-state index in [9.17, 15) is 0 Å². The van der Waals surface area contributed by atoms with Crippen LogP contribution in [0.2, 0.25) is 13.1 Å². The zero-order valence-electron chi connectivity index (χ0n) is 16.7. The summed E-state index contributed by atoms with van der Waals surface area (Å²) in [6.07, 6.45) is 0. The Labute approximate surface area is 190 Å². The third kappa shape index (κ3) is 3.42. The molecular formula is C21H25BrCl2NSSiZr. The fourth-order valence-electron chi connectivity index (χ4n) is 4.40. The molecule has 0 spiro atoms. The number of nitrogens with one attached hydrogen (secondary N) is 1. The summed E-state index contributed by atoms with van der Waals surface area (Å²) in [4.78, 5) is 1.32. The molecule has 2 aromatic carbocycles. The predicted molar refractivity (Wildman–Crippen MR) is 129 cm³/mol. The van der Waals surface area contributed by atoms with Gasteiger partial charge in [0.15, 0.2) is 0 Å². The molecule has 0 bridgehead atoms. The normalized spacial score (nSPS) is 20.0. The van der Waals surface area contributed by atoms with Crippen LogP contribution in [0, 0.1) is 0 Å². The average Bonchev–Trinajstić information content (AvgIpc) is 3.07. The van der Waals surface area contributed by atoms with Gasteiger partial charge < -0.3 is 0 Å². The van der Waals surface area contributed by atoms with Gasteiger partial charge in [0.1, 0.15) is 0 Å². The minimum absolute atomic E-state index is 0.140. The van der Waals surface area contributed by atoms with E-state index in [0.29, 0.717) is 0 Å². The van der Waals surface area contributed by atoms with Crippen molar-refractivity contribution in [3.05, 3.63) is 63.6 Å². The molecule has 1 unspecified atom stereocenters. The van der Waals surface area contributed by atoms with E-state index in [1.54, 1.807) is 0 Å². The molecule has 2 aromatic rings. The molecule has 1 N–H and O–H groups in total. The van der Waals surface area contributed by atoms with E-state index in [1.807, 2.05) is 11.8 Å². The van der Waals surface area contributed by atoms with Crippen LogP contribution < -0.4 is 3.26 Å². The average molecular weight is 594 g/mol. The number of rotatable bonds is 3. The summed E-state index contributed by atoms with van der Waals surface area (Å²) in [5.74, 6) is -1.46. The first-order valence-corrected chi connectivity index (χ1v) is 27.2. The third-order valence-electron chi connectivity index (χ3n) is 5.60. The van der Waals surface area contributed by atoms with Crippen molar-refractivity contribution in [2.24, 2.45) is 0 Å². The molecule has 7 heteroatoms. The number of thioether (sulfide) groups is 1. The first-order valence-electron chi connectivity index (χ1n) is 9.59. The standard InChI is InChI=1S/C15H8BrS.C4H10N.C2H7Si.2ClH.Zr/c16-10-5-6-14-12(8-10)13-7-9-3-1-2-4-11(9)15(13)17-14;1-4(2,3)5;1-3-2;;;/h1-6,8,15H;5H,1-3H3;3H,1-2H3;2*1H;/q;-1;;;;+3/p-2. The Kier molecular flexibility index (Phi) is 5.53. The maximum absolute atomic E-state index is 7.77. The maximum atomic E-state index is 7.77. The number of fused-ring (bicyclic) bond motifs is 5. The Hall–Kier alpha value is 0.650. The van der Waals surface area contributed by atoms with E-state index in [0.717, 1.165) is 4.47 Å². The number of hydrogen-bond acceptors (Lipinski definition) is 2. The van der Waals surface area contributed by atoms with Crippen LogP contribution in [0.5, 0.6) is 0 Å². The summed E-state index contributed by atoms with van der Waals surface area (Å²) in [7, 11) is 15.5. The van der Waals surface area contributed by atoms with Crippen molar-refractivity contribution in [2.45, 2.75) is 49.5 Å². The van der Waals surface area contributed by atoms with Crippen molar-refractivity contribution in [2.75, 3.05) is 0 Å². The van der Waals surface area contributed by atoms with E-state index in [4.69, 9.17) is 17.0 Å². The van der Waals surface area contributed by atoms with Gasteiger partial charge in [0.25, 0.3) is 0 Å². The first-order chi connectivity index (χ1) is 12.9. The van der Waals surface area contributed by atoms with Crippen molar-refractivity contribution >= 4 is 59.5 Å². The number of hydrogen-bond donors (Lipinski definition) is 1. The zero-order chi connectivity index (χ0) is 20.5. The molecule has 1 atom stereocenters. The van der Waals surface area contributed by atoms with Gasteiger partial charge in [-0.05, 0) is 0 Å². The van der Waals surface area contributed by atoms with Gasteiger partial charge in [0, 0.05) is 0 Å². The molecular weight excluding hydrogens is 568 g/mol. The Bertz CT molecular complexity index is 1020. The van der Waals surface area contributed by atoms with Crippen LogP contribution in [-0.2, 0) is 15.8 Å². The summed E-state index contributed by atoms with van der Waals surface area (Å²) >= 11 is 1.10. The topological polar surface area (TPSA) is 12.0 Å². The summed E-state index contributed by atoms with van der Waals surface area (Å²) in [6.45, 7) is 11.2. The molecule has 4 rings (SSSR count). The van der Waals surface area contributed by atoms with E-state index in [-0.39, 0.29) is 10.8 Å². The quantitative estimate of drug-likeness (QED) is 0.365. The summed E-state index contributed by atoms with van der Waals surface area (Å²) in [6, 6.07) is 15.3. The number of benzene rings is 2. The van der Waals surface area contributed by atoms with Gasteiger partial charge in [-0.3, -0.25) is 0 Å². The monoisotopic (exact) mass is 590 g/mol. The van der Waals surface area contributed by atoms with Gasteiger partial charge in [0.05, 0.1) is 0 Å². The minimum atomic E-state index is -4.50. The third-order valence-corrected chi connectivity index (χ3v) is 52.4. The molecule has 1 aliphatic carbocycles. The second kappa shape index (κ2) is 7.08. The van der Waals surface area contributed by atoms with Crippen LogP contribution in [0.4, 0.5) is 0 Å². The Morgan fingerprint density at radius 1 is 1.07 bits per heavy atom. The van der Waals surface area contributed by atoms with Gasteiger partial charge in [-0.1, -0.05) is 0 Å². The fourth-order valence-corrected chi connectivity index (χ4v) is 31.2. The molecule has 0 amide bonds. The SMILES string of the molecule is C[SiH](C)[Zr]([Cl])([Cl])([NH]C(C)(C)C)[C]1=C2c3cc(Br)ccc3SC2c2ccccc21. The van der Waals surface area contributed by atoms with Gasteiger partial charge in [0.2, 0.25) is 0 Å². The molecule has 1 nitrogen and oxygen atoms in total. The van der Waals surface area contributed by atoms with Gasteiger partial charge in [-0.25, -0.2) is 0 Å². The molecule has 149 valence electrons. The molecule has 2 aliphatic rings.